The van der Waals surface area contributed by atoms with Crippen LogP contribution in [0.2, 0.25) is 5.02 Å². The molecule has 0 atom stereocenters. The van der Waals surface area contributed by atoms with Gasteiger partial charge in [0.2, 0.25) is 11.1 Å². The van der Waals surface area contributed by atoms with E-state index in [2.05, 4.69) is 20.8 Å². The van der Waals surface area contributed by atoms with E-state index in [9.17, 15) is 4.79 Å². The molecular weight excluding hydrogens is 312 g/mol. The first kappa shape index (κ1) is 15.7. The fourth-order valence-corrected chi connectivity index (χ4v) is 2.44. The monoisotopic (exact) mass is 326 g/mol. The minimum absolute atomic E-state index is 0.151. The van der Waals surface area contributed by atoms with Gasteiger partial charge in [0.25, 0.3) is 0 Å². The van der Waals surface area contributed by atoms with Crippen LogP contribution in [0, 0.1) is 6.92 Å². The number of hydrogen-bond donors (Lipinski definition) is 2. The van der Waals surface area contributed by atoms with E-state index in [1.54, 1.807) is 10.7 Å². The van der Waals surface area contributed by atoms with E-state index in [-0.39, 0.29) is 11.7 Å². The lowest BCUT2D eigenvalue weighted by Gasteiger charge is -2.06. The number of nitrogens with one attached hydrogen (secondary N) is 1. The van der Waals surface area contributed by atoms with Crippen molar-refractivity contribution < 1.29 is 4.79 Å². The molecule has 21 heavy (non-hydrogen) atoms. The zero-order chi connectivity index (χ0) is 15.2. The van der Waals surface area contributed by atoms with Gasteiger partial charge in [-0.25, -0.2) is 4.68 Å². The highest BCUT2D eigenvalue weighted by molar-refractivity contribution is 7.99. The van der Waals surface area contributed by atoms with E-state index in [1.165, 1.54) is 11.8 Å². The van der Waals surface area contributed by atoms with Crippen molar-refractivity contribution in [3.8, 4) is 0 Å². The minimum Gasteiger partial charge on any atom is -0.329 e. The molecule has 0 aliphatic rings. The van der Waals surface area contributed by atoms with Crippen LogP contribution in [0.25, 0.3) is 0 Å². The highest BCUT2D eigenvalue weighted by atomic mass is 35.5. The molecule has 1 amide bonds. The number of aryl methyl sites for hydroxylation is 1. The molecule has 0 aliphatic heterocycles. The Morgan fingerprint density at radius 1 is 1.52 bits per heavy atom. The second kappa shape index (κ2) is 7.39. The fraction of sp³-hybridized carbons (Fsp3) is 0.333. The van der Waals surface area contributed by atoms with Crippen molar-refractivity contribution in [2.24, 2.45) is 5.73 Å². The van der Waals surface area contributed by atoms with Gasteiger partial charge in [0.15, 0.2) is 0 Å². The van der Waals surface area contributed by atoms with E-state index in [0.29, 0.717) is 29.0 Å². The number of aromatic nitrogens is 4. The van der Waals surface area contributed by atoms with Crippen molar-refractivity contribution in [3.05, 3.63) is 28.8 Å². The summed E-state index contributed by atoms with van der Waals surface area (Å²) in [5, 5.41) is 15.2. The summed E-state index contributed by atoms with van der Waals surface area (Å²) in [4.78, 5) is 11.9. The van der Waals surface area contributed by atoms with Crippen LogP contribution in [0.3, 0.4) is 0 Å². The number of halogens is 1. The predicted octanol–water partition coefficient (Wildman–Crippen LogP) is 1.32. The molecule has 3 N–H and O–H groups in total. The lowest BCUT2D eigenvalue weighted by molar-refractivity contribution is -0.113. The van der Waals surface area contributed by atoms with Gasteiger partial charge in [0.05, 0.1) is 12.3 Å². The summed E-state index contributed by atoms with van der Waals surface area (Å²) in [5.41, 5.74) is 7.08. The molecule has 7 nitrogen and oxygen atoms in total. The van der Waals surface area contributed by atoms with Crippen molar-refractivity contribution >= 4 is 35.0 Å². The number of anilines is 1. The van der Waals surface area contributed by atoms with E-state index < -0.39 is 0 Å². The highest BCUT2D eigenvalue weighted by Gasteiger charge is 2.10. The van der Waals surface area contributed by atoms with E-state index in [1.807, 2.05) is 19.1 Å². The molecule has 0 saturated heterocycles. The van der Waals surface area contributed by atoms with E-state index in [4.69, 9.17) is 17.3 Å². The van der Waals surface area contributed by atoms with Crippen LogP contribution in [0.15, 0.2) is 23.4 Å². The number of carbonyl (C=O) groups is 1. The maximum Gasteiger partial charge on any atom is 0.234 e. The van der Waals surface area contributed by atoms with Crippen LogP contribution in [0.1, 0.15) is 5.56 Å². The molecule has 1 aromatic heterocycles. The van der Waals surface area contributed by atoms with Gasteiger partial charge in [-0.2, -0.15) is 0 Å². The molecule has 0 spiro atoms. The van der Waals surface area contributed by atoms with Crippen LogP contribution >= 0.6 is 23.4 Å². The Morgan fingerprint density at radius 2 is 2.33 bits per heavy atom. The Bertz CT molecular complexity index is 632. The number of amides is 1. The predicted molar refractivity (Wildman–Crippen MR) is 82.4 cm³/mol. The lowest BCUT2D eigenvalue weighted by Crippen LogP contribution is -2.16. The third kappa shape index (κ3) is 4.42. The molecule has 0 bridgehead atoms. The lowest BCUT2D eigenvalue weighted by atomic mass is 10.2. The van der Waals surface area contributed by atoms with Gasteiger partial charge in [-0.05, 0) is 35.0 Å². The number of rotatable bonds is 6. The van der Waals surface area contributed by atoms with Gasteiger partial charge in [-0.1, -0.05) is 29.4 Å². The molecule has 1 heterocycles. The first-order valence-corrected chi connectivity index (χ1v) is 7.61. The van der Waals surface area contributed by atoms with Crippen LogP contribution in [-0.4, -0.2) is 38.4 Å². The summed E-state index contributed by atoms with van der Waals surface area (Å²) < 4.78 is 1.57. The van der Waals surface area contributed by atoms with Gasteiger partial charge in [-0.15, -0.1) is 5.10 Å². The number of thioether (sulfide) groups is 1. The molecule has 0 radical (unpaired) electrons. The Balaban J connectivity index is 1.89. The first-order chi connectivity index (χ1) is 10.1. The average molecular weight is 327 g/mol. The first-order valence-electron chi connectivity index (χ1n) is 6.25. The van der Waals surface area contributed by atoms with Crippen molar-refractivity contribution in [2.45, 2.75) is 18.6 Å². The number of nitrogens with zero attached hydrogens (tertiary/aromatic N) is 4. The maximum absolute atomic E-state index is 11.9. The van der Waals surface area contributed by atoms with Gasteiger partial charge in [0, 0.05) is 17.3 Å². The minimum atomic E-state index is -0.151. The second-order valence-electron chi connectivity index (χ2n) is 4.27. The number of hydrogen-bond acceptors (Lipinski definition) is 6. The summed E-state index contributed by atoms with van der Waals surface area (Å²) in [6, 6.07) is 5.38. The average Bonchev–Trinajstić information content (AvgIpc) is 2.89. The standard InChI is InChI=1S/C12H15ClN6OS/c1-8-2-3-9(6-10(8)13)15-11(20)7-21-12-16-17-18-19(12)5-4-14/h2-3,6H,4-5,7,14H2,1H3,(H,15,20). The molecule has 1 aromatic carbocycles. The zero-order valence-electron chi connectivity index (χ0n) is 11.4. The maximum atomic E-state index is 11.9. The van der Waals surface area contributed by atoms with Crippen molar-refractivity contribution in [1.29, 1.82) is 0 Å². The third-order valence-corrected chi connectivity index (χ3v) is 3.99. The van der Waals surface area contributed by atoms with Crippen molar-refractivity contribution in [3.63, 3.8) is 0 Å². The van der Waals surface area contributed by atoms with Gasteiger partial charge in [0.1, 0.15) is 0 Å². The number of nitrogens with two attached hydrogens (primary N) is 1. The molecule has 0 unspecified atom stereocenters. The molecule has 9 heteroatoms. The quantitative estimate of drug-likeness (QED) is 0.777. The SMILES string of the molecule is Cc1ccc(NC(=O)CSc2nnnn2CCN)cc1Cl. The van der Waals surface area contributed by atoms with E-state index >= 15 is 0 Å². The van der Waals surface area contributed by atoms with Gasteiger partial charge >= 0.3 is 0 Å². The smallest absolute Gasteiger partial charge is 0.234 e. The largest absolute Gasteiger partial charge is 0.329 e. The van der Waals surface area contributed by atoms with Gasteiger partial charge < -0.3 is 11.1 Å². The molecule has 2 rings (SSSR count). The molecule has 0 saturated carbocycles. The normalized spacial score (nSPS) is 10.6. The molecular formula is C12H15ClN6OS. The molecule has 0 fully saturated rings. The summed E-state index contributed by atoms with van der Waals surface area (Å²) in [6.07, 6.45) is 0. The second-order valence-corrected chi connectivity index (χ2v) is 5.62. The van der Waals surface area contributed by atoms with Crippen LogP contribution < -0.4 is 11.1 Å². The highest BCUT2D eigenvalue weighted by Crippen LogP contribution is 2.20. The third-order valence-electron chi connectivity index (χ3n) is 2.63. The van der Waals surface area contributed by atoms with Crippen molar-refractivity contribution in [1.82, 2.24) is 20.2 Å². The van der Waals surface area contributed by atoms with Crippen molar-refractivity contribution in [2.75, 3.05) is 17.6 Å². The summed E-state index contributed by atoms with van der Waals surface area (Å²) in [6.45, 7) is 2.86. The molecule has 0 aliphatic carbocycles. The summed E-state index contributed by atoms with van der Waals surface area (Å²) in [7, 11) is 0. The fourth-order valence-electron chi connectivity index (χ4n) is 1.56. The summed E-state index contributed by atoms with van der Waals surface area (Å²) in [5.74, 6) is 0.0541. The van der Waals surface area contributed by atoms with E-state index in [0.717, 1.165) is 5.56 Å². The van der Waals surface area contributed by atoms with Crippen LogP contribution in [0.4, 0.5) is 5.69 Å². The Hall–Kier alpha value is -1.64. The summed E-state index contributed by atoms with van der Waals surface area (Å²) >= 11 is 7.27. The zero-order valence-corrected chi connectivity index (χ0v) is 13.0. The number of benzene rings is 1. The Labute approximate surface area is 131 Å². The topological polar surface area (TPSA) is 98.7 Å². The Kier molecular flexibility index (Phi) is 5.54. The number of tetrazole rings is 1. The number of carbonyl (C=O) groups excluding carboxylic acids is 1. The molecule has 112 valence electrons. The van der Waals surface area contributed by atoms with Crippen LogP contribution in [-0.2, 0) is 11.3 Å². The van der Waals surface area contributed by atoms with Gasteiger partial charge in [-0.3, -0.25) is 4.79 Å². The molecule has 2 aromatic rings. The Morgan fingerprint density at radius 3 is 3.05 bits per heavy atom. The van der Waals surface area contributed by atoms with Crippen LogP contribution in [0.5, 0.6) is 0 Å².